The second-order valence-electron chi connectivity index (χ2n) is 10.2. The summed E-state index contributed by atoms with van der Waals surface area (Å²) in [5, 5.41) is 12.7. The largest absolute Gasteiger partial charge is 1.00 e. The van der Waals surface area contributed by atoms with Gasteiger partial charge in [0.05, 0.1) is 0 Å². The van der Waals surface area contributed by atoms with Crippen LogP contribution in [0.4, 0.5) is 0 Å². The molecule has 0 radical (unpaired) electrons. The summed E-state index contributed by atoms with van der Waals surface area (Å²) in [4.78, 5) is 2.47. The van der Waals surface area contributed by atoms with E-state index in [0.717, 1.165) is 52.4 Å². The van der Waals surface area contributed by atoms with Gasteiger partial charge < -0.3 is 68.3 Å². The number of likely N-dealkylation sites (N-methyl/N-ethyl adjacent to an activating group) is 2. The van der Waals surface area contributed by atoms with E-state index in [1.807, 2.05) is 0 Å². The monoisotopic (exact) mass is 1260 g/mol. The molecule has 0 saturated carbocycles. The predicted octanol–water partition coefficient (Wildman–Crippen LogP) is 3.41. The molecule has 0 amide bonds. The summed E-state index contributed by atoms with van der Waals surface area (Å²) in [6, 6.07) is 43.0. The fraction of sp³-hybridized carbons (Fsp3) is 0.261. The maximum Gasteiger partial charge on any atom is 0 e. The minimum Gasteiger partial charge on any atom is -1.00 e. The standard InChI is InChI=1S/C20H31N4P.C16H21N2P.10CO.4Fe.2S2/c1-2-24(17-15-22-14-13-21)18-16-23-25(19-9-5-3-6-10-19)20-11-7-4-8-12-20;1-2-18(14-13-17)19(15-9-5-3-6-10-15)16-11-7-4-8-12-16;10*1-2;;;;;2*1-2/h3-12,22-23H,2,13-18,21H2,1H3;3-12H,2,13-14,17H2,1H3;;;;;;;;;;;;;;;;/q;;;;;;;;;;;;;;;;2*-2. The molecule has 0 heterocycles. The SMILES string of the molecule is CCN(CCN)P(c1ccccc1)c1ccccc1.CCN(CCNCCN)CCNP(c1ccccc1)c1ccccc1.[C-]#[O+].[C-]#[O+].[C-]#[O+].[C-]#[O+].[C-]#[O+].[C-]#[O+].[C-]#[O+].[C-]#[O+].[C-]#[O+].[C-]#[O+].[Fe].[Fe].[Fe].[Fe].[S-][S-].[S-][S-]. The zero-order chi connectivity index (χ0) is 55.2. The van der Waals surface area contributed by atoms with Crippen LogP contribution in [-0.4, -0.2) is 75.0 Å². The van der Waals surface area contributed by atoms with Crippen molar-refractivity contribution in [1.29, 1.82) is 0 Å². The van der Waals surface area contributed by atoms with Crippen LogP contribution in [0.1, 0.15) is 13.8 Å². The van der Waals surface area contributed by atoms with Gasteiger partial charge in [0.15, 0.2) is 0 Å². The number of nitrogens with one attached hydrogen (secondary N) is 2. The molecule has 6 N–H and O–H groups in total. The van der Waals surface area contributed by atoms with Gasteiger partial charge in [-0.3, -0.25) is 9.76 Å². The molecule has 0 atom stereocenters. The second-order valence-corrected chi connectivity index (χ2v) is 14.4. The van der Waals surface area contributed by atoms with E-state index >= 15 is 0 Å². The molecule has 72 heavy (non-hydrogen) atoms. The molecule has 0 aliphatic heterocycles. The van der Waals surface area contributed by atoms with Crippen LogP contribution in [-0.2, 0) is 161 Å². The van der Waals surface area contributed by atoms with E-state index in [4.69, 9.17) is 58.0 Å². The van der Waals surface area contributed by atoms with Gasteiger partial charge in [-0.2, -0.15) is 0 Å². The van der Waals surface area contributed by atoms with Crippen LogP contribution in [0.2, 0.25) is 0 Å². The van der Waals surface area contributed by atoms with Crippen molar-refractivity contribution in [2.24, 2.45) is 11.5 Å². The first kappa shape index (κ1) is 107. The van der Waals surface area contributed by atoms with Crippen LogP contribution in [0.5, 0.6) is 0 Å². The number of hydrogen-bond donors (Lipinski definition) is 4. The molecule has 4 rings (SSSR count). The van der Waals surface area contributed by atoms with Gasteiger partial charge in [-0.05, 0) is 34.3 Å². The third kappa shape index (κ3) is 64.5. The van der Waals surface area contributed by atoms with Crippen molar-refractivity contribution in [3.63, 3.8) is 0 Å². The van der Waals surface area contributed by atoms with E-state index in [2.05, 4.69) is 268 Å². The van der Waals surface area contributed by atoms with Crippen LogP contribution in [0, 0.1) is 66.5 Å². The van der Waals surface area contributed by atoms with Gasteiger partial charge in [-0.25, -0.2) is 0 Å². The molecule has 0 saturated heterocycles. The Morgan fingerprint density at radius 1 is 0.403 bits per heavy atom. The van der Waals surface area contributed by atoms with E-state index in [0.29, 0.717) is 13.1 Å². The van der Waals surface area contributed by atoms with Gasteiger partial charge >= 0.3 is 113 Å². The summed E-state index contributed by atoms with van der Waals surface area (Å²) in [7, 11) is -0.981. The van der Waals surface area contributed by atoms with Gasteiger partial charge in [0.25, 0.3) is 0 Å². The molecule has 26 heteroatoms. The minimum absolute atomic E-state index is 0. The molecule has 4 aromatic rings. The first-order valence-corrected chi connectivity index (χ1v) is 23.5. The third-order valence-corrected chi connectivity index (χ3v) is 11.9. The third-order valence-electron chi connectivity index (χ3n) is 7.14. The summed E-state index contributed by atoms with van der Waals surface area (Å²) >= 11 is 14.7. The van der Waals surface area contributed by atoms with E-state index in [9.17, 15) is 0 Å². The number of hydrogen-bond acceptors (Lipinski definition) is 10. The smallest absolute Gasteiger partial charge is 0 e. The number of nitrogens with two attached hydrogens (primary N) is 2. The van der Waals surface area contributed by atoms with Crippen molar-refractivity contribution in [2.75, 3.05) is 65.4 Å². The normalized spacial score (nSPS) is 7.33. The predicted molar refractivity (Wildman–Crippen MR) is 265 cm³/mol. The zero-order valence-corrected chi connectivity index (χ0v) is 48.2. The molecule has 0 aromatic heterocycles. The quantitative estimate of drug-likeness (QED) is 0.0214. The van der Waals surface area contributed by atoms with Gasteiger partial charge in [0.1, 0.15) is 0 Å². The molecule has 0 aliphatic carbocycles. The van der Waals surface area contributed by atoms with E-state index in [-0.39, 0.29) is 68.3 Å². The van der Waals surface area contributed by atoms with Crippen molar-refractivity contribution in [3.05, 3.63) is 188 Å². The molecule has 0 unspecified atom stereocenters. The molecule has 0 fully saturated rings. The summed E-state index contributed by atoms with van der Waals surface area (Å²) in [5.74, 6) is 0. The maximum absolute atomic E-state index is 7.50. The molecule has 0 aliphatic rings. The Hall–Kier alpha value is -1.62. The Balaban J connectivity index is -0.0000000533. The molecule has 0 bridgehead atoms. The first-order chi connectivity index (χ1) is 33.7. The van der Waals surface area contributed by atoms with Gasteiger partial charge in [0.2, 0.25) is 0 Å². The molecule has 16 nitrogen and oxygen atoms in total. The Morgan fingerprint density at radius 3 is 0.931 bits per heavy atom. The van der Waals surface area contributed by atoms with Gasteiger partial charge in [0, 0.05) is 137 Å². The summed E-state index contributed by atoms with van der Waals surface area (Å²) in [6.07, 6.45) is 0. The molecular formula is C46H52Fe4N6O10P2S4-4. The maximum atomic E-state index is 7.50. The van der Waals surface area contributed by atoms with Gasteiger partial charge in [-0.15, -0.1) is 0 Å². The van der Waals surface area contributed by atoms with Crippen molar-refractivity contribution < 1.29 is 115 Å². The Labute approximate surface area is 493 Å². The van der Waals surface area contributed by atoms with Crippen molar-refractivity contribution in [1.82, 2.24) is 20.0 Å². The van der Waals surface area contributed by atoms with Crippen molar-refractivity contribution in [2.45, 2.75) is 13.8 Å². The van der Waals surface area contributed by atoms with E-state index in [1.165, 1.54) is 21.2 Å². The molecule has 396 valence electrons. The topological polar surface area (TPSA) is 282 Å². The minimum atomic E-state index is -0.514. The molecule has 0 spiro atoms. The van der Waals surface area contributed by atoms with Crippen molar-refractivity contribution >= 4 is 84.0 Å². The van der Waals surface area contributed by atoms with Gasteiger partial charge in [-0.1, -0.05) is 135 Å². The van der Waals surface area contributed by atoms with Crippen LogP contribution >= 0.6 is 16.1 Å². The van der Waals surface area contributed by atoms with Crippen LogP contribution in [0.3, 0.4) is 0 Å². The Kier molecular flexibility index (Phi) is 162. The number of rotatable bonds is 18. The van der Waals surface area contributed by atoms with Crippen LogP contribution in [0.25, 0.3) is 0 Å². The van der Waals surface area contributed by atoms with Crippen LogP contribution < -0.4 is 43.1 Å². The zero-order valence-electron chi connectivity index (χ0n) is 38.7. The fourth-order valence-corrected chi connectivity index (χ4v) is 9.25. The second kappa shape index (κ2) is 110. The Bertz CT molecular complexity index is 1590. The average Bonchev–Trinajstić information content (AvgIpc) is 3.48. The molecular weight excluding hydrogens is 1210 g/mol. The van der Waals surface area contributed by atoms with Crippen molar-refractivity contribution in [3.8, 4) is 0 Å². The first-order valence-electron chi connectivity index (χ1n) is 18.2. The van der Waals surface area contributed by atoms with E-state index < -0.39 is 16.1 Å². The summed E-state index contributed by atoms with van der Waals surface area (Å²) < 4.78 is 77.5. The fourth-order valence-electron chi connectivity index (χ4n) is 4.86. The average molecular weight is 1260 g/mol. The van der Waals surface area contributed by atoms with Crippen LogP contribution in [0.15, 0.2) is 121 Å². The summed E-state index contributed by atoms with van der Waals surface area (Å²) in [6.45, 7) is 58.8. The number of benzene rings is 4. The number of nitrogens with zero attached hydrogens (tertiary/aromatic N) is 2. The Morgan fingerprint density at radius 2 is 0.681 bits per heavy atom. The molecule has 4 aromatic carbocycles. The summed E-state index contributed by atoms with van der Waals surface area (Å²) in [5.41, 5.74) is 11.3. The van der Waals surface area contributed by atoms with E-state index in [1.54, 1.807) is 0 Å².